The Labute approximate surface area is 121 Å². The topological polar surface area (TPSA) is 58.6 Å². The van der Waals surface area contributed by atoms with Crippen molar-refractivity contribution in [3.8, 4) is 0 Å². The minimum atomic E-state index is -3.11. The number of likely N-dealkylation sites (N-methyl/N-ethyl adjacent to an activating group) is 1. The van der Waals surface area contributed by atoms with Gasteiger partial charge in [-0.1, -0.05) is 6.92 Å². The van der Waals surface area contributed by atoms with Crippen LogP contribution >= 0.6 is 0 Å². The highest BCUT2D eigenvalue weighted by atomic mass is 32.2. The van der Waals surface area contributed by atoms with E-state index >= 15 is 0 Å². The summed E-state index contributed by atoms with van der Waals surface area (Å²) < 4.78 is 28.4. The fraction of sp³-hybridized carbons (Fsp3) is 0.571. The summed E-state index contributed by atoms with van der Waals surface area (Å²) in [5, 5.41) is 3.27. The van der Waals surface area contributed by atoms with Crippen LogP contribution in [-0.4, -0.2) is 54.6 Å². The molecule has 0 aliphatic heterocycles. The van der Waals surface area contributed by atoms with Crippen LogP contribution in [-0.2, 0) is 14.6 Å². The van der Waals surface area contributed by atoms with Gasteiger partial charge in [0.15, 0.2) is 9.84 Å². The molecular weight excluding hydrogens is 276 g/mol. The molecule has 0 unspecified atom stereocenters. The number of anilines is 1. The molecule has 0 aliphatic rings. The van der Waals surface area contributed by atoms with E-state index in [1.807, 2.05) is 19.2 Å². The lowest BCUT2D eigenvalue weighted by Gasteiger charge is -2.19. The van der Waals surface area contributed by atoms with Crippen LogP contribution in [0.25, 0.3) is 0 Å². The van der Waals surface area contributed by atoms with Crippen LogP contribution in [0.2, 0.25) is 0 Å². The van der Waals surface area contributed by atoms with Gasteiger partial charge in [0.25, 0.3) is 0 Å². The predicted molar refractivity (Wildman–Crippen MR) is 82.2 cm³/mol. The van der Waals surface area contributed by atoms with Crippen molar-refractivity contribution in [2.45, 2.75) is 11.8 Å². The molecule has 0 bridgehead atoms. The molecule has 5 nitrogen and oxygen atoms in total. The average Bonchev–Trinajstić information content (AvgIpc) is 2.47. The number of hydrogen-bond acceptors (Lipinski definition) is 5. The first kappa shape index (κ1) is 16.9. The molecule has 0 saturated carbocycles. The molecule has 6 heteroatoms. The third-order valence-corrected chi connectivity index (χ3v) is 4.87. The van der Waals surface area contributed by atoms with Crippen LogP contribution in [0.15, 0.2) is 29.2 Å². The van der Waals surface area contributed by atoms with Gasteiger partial charge in [-0.25, -0.2) is 8.42 Å². The molecule has 1 N–H and O–H groups in total. The molecule has 0 atom stereocenters. The van der Waals surface area contributed by atoms with Crippen molar-refractivity contribution in [2.75, 3.05) is 51.1 Å². The number of benzene rings is 1. The summed E-state index contributed by atoms with van der Waals surface area (Å²) in [6.07, 6.45) is 0. The van der Waals surface area contributed by atoms with Crippen molar-refractivity contribution in [3.05, 3.63) is 24.3 Å². The fourth-order valence-corrected chi connectivity index (χ4v) is 2.63. The van der Waals surface area contributed by atoms with Gasteiger partial charge in [0.2, 0.25) is 0 Å². The predicted octanol–water partition coefficient (Wildman–Crippen LogP) is 1.15. The van der Waals surface area contributed by atoms with Crippen molar-refractivity contribution in [3.63, 3.8) is 0 Å². The van der Waals surface area contributed by atoms with Gasteiger partial charge in [-0.2, -0.15) is 0 Å². The normalized spacial score (nSPS) is 11.6. The Morgan fingerprint density at radius 1 is 1.20 bits per heavy atom. The first-order valence-electron chi connectivity index (χ1n) is 6.75. The lowest BCUT2D eigenvalue weighted by molar-refractivity contribution is 0.200. The lowest BCUT2D eigenvalue weighted by atomic mass is 10.3. The Balaban J connectivity index is 2.51. The molecule has 0 saturated heterocycles. The molecule has 1 aromatic carbocycles. The van der Waals surface area contributed by atoms with E-state index in [9.17, 15) is 8.42 Å². The van der Waals surface area contributed by atoms with E-state index in [1.54, 1.807) is 26.2 Å². The van der Waals surface area contributed by atoms with Crippen molar-refractivity contribution < 1.29 is 13.2 Å². The monoisotopic (exact) mass is 300 g/mol. The second-order valence-corrected chi connectivity index (χ2v) is 6.84. The van der Waals surface area contributed by atoms with E-state index in [0.29, 0.717) is 11.5 Å². The Hall–Kier alpha value is -1.11. The molecule has 20 heavy (non-hydrogen) atoms. The zero-order chi connectivity index (χ0) is 15.0. The van der Waals surface area contributed by atoms with Crippen LogP contribution in [0.3, 0.4) is 0 Å². The highest BCUT2D eigenvalue weighted by molar-refractivity contribution is 7.91. The highest BCUT2D eigenvalue weighted by Crippen LogP contribution is 2.17. The summed E-state index contributed by atoms with van der Waals surface area (Å²) in [5.74, 6) is 0.131. The Bertz CT molecular complexity index is 486. The number of nitrogens with zero attached hydrogens (tertiary/aromatic N) is 1. The first-order chi connectivity index (χ1) is 9.51. The van der Waals surface area contributed by atoms with Crippen LogP contribution in [0.4, 0.5) is 5.69 Å². The maximum atomic E-state index is 11.7. The number of hydrogen-bond donors (Lipinski definition) is 1. The van der Waals surface area contributed by atoms with Crippen LogP contribution in [0, 0.1) is 0 Å². The molecule has 0 aromatic heterocycles. The summed E-state index contributed by atoms with van der Waals surface area (Å²) >= 11 is 0. The Morgan fingerprint density at radius 2 is 1.85 bits per heavy atom. The Morgan fingerprint density at radius 3 is 2.40 bits per heavy atom. The number of nitrogens with one attached hydrogen (secondary N) is 1. The highest BCUT2D eigenvalue weighted by Gasteiger charge is 2.11. The number of ether oxygens (including phenoxy) is 1. The van der Waals surface area contributed by atoms with Crippen LogP contribution in [0.5, 0.6) is 0 Å². The molecule has 0 heterocycles. The molecule has 1 aromatic rings. The summed E-state index contributed by atoms with van der Waals surface area (Å²) in [4.78, 5) is 2.47. The lowest BCUT2D eigenvalue weighted by Crippen LogP contribution is -2.30. The van der Waals surface area contributed by atoms with Crippen LogP contribution < -0.4 is 10.2 Å². The molecule has 1 rings (SSSR count). The standard InChI is InChI=1S/C14H24N2O3S/c1-4-20(17,18)14-7-5-13(6-8-14)16(2)11-9-15-10-12-19-3/h5-8,15H,4,9-12H2,1-3H3. The van der Waals surface area contributed by atoms with Gasteiger partial charge in [-0.3, -0.25) is 0 Å². The van der Waals surface area contributed by atoms with E-state index in [4.69, 9.17) is 4.74 Å². The summed E-state index contributed by atoms with van der Waals surface area (Å²) in [6.45, 7) is 4.89. The zero-order valence-electron chi connectivity index (χ0n) is 12.4. The summed E-state index contributed by atoms with van der Waals surface area (Å²) in [5.41, 5.74) is 1.01. The average molecular weight is 300 g/mol. The Kier molecular flexibility index (Phi) is 6.98. The van der Waals surface area contributed by atoms with Gasteiger partial charge >= 0.3 is 0 Å². The van der Waals surface area contributed by atoms with Crippen molar-refractivity contribution in [1.82, 2.24) is 5.32 Å². The van der Waals surface area contributed by atoms with Crippen LogP contribution in [0.1, 0.15) is 6.92 Å². The number of sulfone groups is 1. The van der Waals surface area contributed by atoms with Crippen molar-refractivity contribution in [2.24, 2.45) is 0 Å². The number of methoxy groups -OCH3 is 1. The van der Waals surface area contributed by atoms with E-state index in [1.165, 1.54) is 0 Å². The van der Waals surface area contributed by atoms with E-state index in [2.05, 4.69) is 10.2 Å². The maximum Gasteiger partial charge on any atom is 0.178 e. The molecular formula is C14H24N2O3S. The van der Waals surface area contributed by atoms with Gasteiger partial charge in [-0.15, -0.1) is 0 Å². The van der Waals surface area contributed by atoms with Gasteiger partial charge in [0, 0.05) is 39.5 Å². The second-order valence-electron chi connectivity index (χ2n) is 4.56. The quantitative estimate of drug-likeness (QED) is 0.693. The largest absolute Gasteiger partial charge is 0.383 e. The van der Waals surface area contributed by atoms with E-state index in [-0.39, 0.29) is 5.75 Å². The third-order valence-electron chi connectivity index (χ3n) is 3.12. The fourth-order valence-electron chi connectivity index (χ4n) is 1.75. The molecule has 0 amide bonds. The second kappa shape index (κ2) is 8.24. The van der Waals surface area contributed by atoms with Crippen molar-refractivity contribution in [1.29, 1.82) is 0 Å². The molecule has 0 spiro atoms. The minimum Gasteiger partial charge on any atom is -0.383 e. The smallest absolute Gasteiger partial charge is 0.178 e. The summed E-state index contributed by atoms with van der Waals surface area (Å²) in [7, 11) is 0.555. The van der Waals surface area contributed by atoms with Gasteiger partial charge < -0.3 is 15.0 Å². The van der Waals surface area contributed by atoms with Gasteiger partial charge in [0.1, 0.15) is 0 Å². The molecule has 0 aliphatic carbocycles. The van der Waals surface area contributed by atoms with E-state index < -0.39 is 9.84 Å². The number of rotatable bonds is 9. The maximum absolute atomic E-state index is 11.7. The molecule has 0 fully saturated rings. The van der Waals surface area contributed by atoms with Gasteiger partial charge in [0.05, 0.1) is 17.3 Å². The summed E-state index contributed by atoms with van der Waals surface area (Å²) in [6, 6.07) is 7.03. The first-order valence-corrected chi connectivity index (χ1v) is 8.40. The molecule has 114 valence electrons. The van der Waals surface area contributed by atoms with Crippen molar-refractivity contribution >= 4 is 15.5 Å². The third kappa shape index (κ3) is 5.11. The van der Waals surface area contributed by atoms with E-state index in [0.717, 1.165) is 25.3 Å². The minimum absolute atomic E-state index is 0.131. The van der Waals surface area contributed by atoms with Gasteiger partial charge in [-0.05, 0) is 24.3 Å². The zero-order valence-corrected chi connectivity index (χ0v) is 13.2. The molecule has 0 radical (unpaired) electrons. The SMILES string of the molecule is CCS(=O)(=O)c1ccc(N(C)CCNCCOC)cc1.